The number of piperazine rings is 1. The number of hydrogen-bond acceptors (Lipinski definition) is 5. The predicted molar refractivity (Wildman–Crippen MR) is 119 cm³/mol. The van der Waals surface area contributed by atoms with Gasteiger partial charge >= 0.3 is 0 Å². The fourth-order valence-electron chi connectivity index (χ4n) is 3.71. The van der Waals surface area contributed by atoms with Crippen LogP contribution in [0.3, 0.4) is 0 Å². The second kappa shape index (κ2) is 12.9. The van der Waals surface area contributed by atoms with Crippen LogP contribution in [-0.2, 0) is 14.3 Å². The molecule has 1 aromatic rings. The van der Waals surface area contributed by atoms with E-state index in [1.165, 1.54) is 5.69 Å². The fourth-order valence-corrected chi connectivity index (χ4v) is 3.71. The molecule has 2 fully saturated rings. The van der Waals surface area contributed by atoms with E-state index in [9.17, 15) is 9.59 Å². The van der Waals surface area contributed by atoms with Gasteiger partial charge in [0.2, 0.25) is 11.8 Å². The monoisotopic (exact) mass is 446 g/mol. The number of nitrogens with two attached hydrogens (primary N) is 1. The molecular formula is C20H32Cl2N4O3. The molecule has 2 aliphatic rings. The molecule has 3 N–H and O–H groups in total. The molecule has 1 unspecified atom stereocenters. The third-order valence-electron chi connectivity index (χ3n) is 5.47. The number of halogens is 2. The van der Waals surface area contributed by atoms with Gasteiger partial charge in [-0.15, -0.1) is 24.8 Å². The van der Waals surface area contributed by atoms with E-state index in [1.807, 2.05) is 23.1 Å². The Morgan fingerprint density at radius 2 is 1.69 bits per heavy atom. The van der Waals surface area contributed by atoms with Gasteiger partial charge in [-0.3, -0.25) is 9.59 Å². The van der Waals surface area contributed by atoms with Gasteiger partial charge in [0, 0.05) is 58.0 Å². The quantitative estimate of drug-likeness (QED) is 0.689. The van der Waals surface area contributed by atoms with E-state index < -0.39 is 6.04 Å². The lowest BCUT2D eigenvalue weighted by Crippen LogP contribution is -2.50. The average Bonchev–Trinajstić information content (AvgIpc) is 2.74. The Kier molecular flexibility index (Phi) is 11.3. The van der Waals surface area contributed by atoms with Crippen molar-refractivity contribution in [2.45, 2.75) is 25.3 Å². The summed E-state index contributed by atoms with van der Waals surface area (Å²) < 4.78 is 5.30. The number of anilines is 1. The highest BCUT2D eigenvalue weighted by Crippen LogP contribution is 2.18. The minimum Gasteiger partial charge on any atom is -0.381 e. The maximum absolute atomic E-state index is 12.4. The van der Waals surface area contributed by atoms with Gasteiger partial charge in [-0.05, 0) is 30.9 Å². The zero-order valence-electron chi connectivity index (χ0n) is 16.6. The number of carbonyl (C=O) groups excluding carboxylic acids is 2. The first kappa shape index (κ1) is 25.5. The van der Waals surface area contributed by atoms with Crippen LogP contribution in [0.5, 0.6) is 0 Å². The molecule has 2 saturated heterocycles. The van der Waals surface area contributed by atoms with Crippen molar-refractivity contribution >= 4 is 42.3 Å². The molecule has 2 amide bonds. The minimum atomic E-state index is -0.515. The first-order valence-corrected chi connectivity index (χ1v) is 9.84. The lowest BCUT2D eigenvalue weighted by atomic mass is 9.92. The summed E-state index contributed by atoms with van der Waals surface area (Å²) in [6.07, 6.45) is 1.95. The third-order valence-corrected chi connectivity index (χ3v) is 5.47. The summed E-state index contributed by atoms with van der Waals surface area (Å²) in [6, 6.07) is 9.73. The highest BCUT2D eigenvalue weighted by molar-refractivity contribution is 5.85. The van der Waals surface area contributed by atoms with Crippen LogP contribution in [0.1, 0.15) is 19.3 Å². The SMILES string of the molecule is Cl.Cl.NC(C(=O)NCCC(=O)N1CCN(c2ccccc2)CC1)C1CCOCC1. The van der Waals surface area contributed by atoms with Crippen LogP contribution < -0.4 is 16.0 Å². The van der Waals surface area contributed by atoms with Crippen LogP contribution in [0.25, 0.3) is 0 Å². The van der Waals surface area contributed by atoms with E-state index in [4.69, 9.17) is 10.5 Å². The Bertz CT molecular complexity index is 621. The molecule has 0 bridgehead atoms. The van der Waals surface area contributed by atoms with Crippen LogP contribution in [-0.4, -0.2) is 68.7 Å². The lowest BCUT2D eigenvalue weighted by Gasteiger charge is -2.36. The van der Waals surface area contributed by atoms with Gasteiger partial charge in [-0.1, -0.05) is 18.2 Å². The number of amides is 2. The average molecular weight is 447 g/mol. The van der Waals surface area contributed by atoms with E-state index in [-0.39, 0.29) is 42.5 Å². The van der Waals surface area contributed by atoms with Crippen molar-refractivity contribution in [1.82, 2.24) is 10.2 Å². The van der Waals surface area contributed by atoms with E-state index in [0.717, 1.165) is 25.9 Å². The van der Waals surface area contributed by atoms with E-state index in [2.05, 4.69) is 22.3 Å². The standard InChI is InChI=1S/C20H30N4O3.2ClH/c21-19(16-7-14-27-15-8-16)20(26)22-9-6-18(25)24-12-10-23(11-13-24)17-4-2-1-3-5-17;;/h1-5,16,19H,6-15,21H2,(H,22,26);2*1H. The molecule has 0 aromatic heterocycles. The van der Waals surface area contributed by atoms with Gasteiger partial charge in [-0.2, -0.15) is 0 Å². The number of rotatable bonds is 6. The largest absolute Gasteiger partial charge is 0.381 e. The Hall–Kier alpha value is -1.54. The molecule has 29 heavy (non-hydrogen) atoms. The predicted octanol–water partition coefficient (Wildman–Crippen LogP) is 1.44. The normalized spacial score (nSPS) is 18.2. The molecule has 7 nitrogen and oxygen atoms in total. The zero-order valence-corrected chi connectivity index (χ0v) is 18.3. The molecule has 0 aliphatic carbocycles. The Balaban J connectivity index is 0.00000210. The summed E-state index contributed by atoms with van der Waals surface area (Å²) in [6.45, 7) is 4.76. The van der Waals surface area contributed by atoms with Gasteiger partial charge < -0.3 is 25.6 Å². The molecule has 0 spiro atoms. The van der Waals surface area contributed by atoms with Crippen molar-refractivity contribution < 1.29 is 14.3 Å². The van der Waals surface area contributed by atoms with E-state index in [0.29, 0.717) is 39.3 Å². The zero-order chi connectivity index (χ0) is 19.1. The van der Waals surface area contributed by atoms with Crippen LogP contribution >= 0.6 is 24.8 Å². The van der Waals surface area contributed by atoms with Crippen molar-refractivity contribution in [3.63, 3.8) is 0 Å². The summed E-state index contributed by atoms with van der Waals surface area (Å²) in [5.74, 6) is 0.0896. The summed E-state index contributed by atoms with van der Waals surface area (Å²) in [4.78, 5) is 28.8. The number of para-hydroxylation sites is 1. The van der Waals surface area contributed by atoms with Crippen LogP contribution in [0, 0.1) is 5.92 Å². The highest BCUT2D eigenvalue weighted by Gasteiger charge is 2.27. The lowest BCUT2D eigenvalue weighted by molar-refractivity contribution is -0.131. The summed E-state index contributed by atoms with van der Waals surface area (Å²) in [5, 5.41) is 2.82. The summed E-state index contributed by atoms with van der Waals surface area (Å²) in [7, 11) is 0. The van der Waals surface area contributed by atoms with Gasteiger partial charge in [0.15, 0.2) is 0 Å². The first-order valence-electron chi connectivity index (χ1n) is 9.84. The molecule has 2 aliphatic heterocycles. The smallest absolute Gasteiger partial charge is 0.237 e. The second-order valence-electron chi connectivity index (χ2n) is 7.22. The maximum atomic E-state index is 12.4. The van der Waals surface area contributed by atoms with Gasteiger partial charge in [-0.25, -0.2) is 0 Å². The number of nitrogens with zero attached hydrogens (tertiary/aromatic N) is 2. The van der Waals surface area contributed by atoms with E-state index in [1.54, 1.807) is 0 Å². The number of hydrogen-bond donors (Lipinski definition) is 2. The fraction of sp³-hybridized carbons (Fsp3) is 0.600. The van der Waals surface area contributed by atoms with E-state index >= 15 is 0 Å². The molecule has 1 atom stereocenters. The van der Waals surface area contributed by atoms with Crippen LogP contribution in [0.15, 0.2) is 30.3 Å². The van der Waals surface area contributed by atoms with Crippen LogP contribution in [0.4, 0.5) is 5.69 Å². The molecule has 1 aromatic carbocycles. The molecule has 9 heteroatoms. The summed E-state index contributed by atoms with van der Waals surface area (Å²) in [5.41, 5.74) is 7.25. The number of benzene rings is 1. The highest BCUT2D eigenvalue weighted by atomic mass is 35.5. The van der Waals surface area contributed by atoms with Gasteiger partial charge in [0.1, 0.15) is 0 Å². The van der Waals surface area contributed by atoms with Crippen molar-refractivity contribution in [3.05, 3.63) is 30.3 Å². The Morgan fingerprint density at radius 3 is 2.31 bits per heavy atom. The van der Waals surface area contributed by atoms with Crippen molar-refractivity contribution in [3.8, 4) is 0 Å². The first-order chi connectivity index (χ1) is 13.1. The van der Waals surface area contributed by atoms with Crippen molar-refractivity contribution in [2.24, 2.45) is 11.7 Å². The van der Waals surface area contributed by atoms with Crippen molar-refractivity contribution in [2.75, 3.05) is 50.8 Å². The Labute approximate surface area is 185 Å². The number of nitrogens with one attached hydrogen (secondary N) is 1. The number of ether oxygens (including phenoxy) is 1. The maximum Gasteiger partial charge on any atom is 0.237 e. The molecule has 164 valence electrons. The van der Waals surface area contributed by atoms with Gasteiger partial charge in [0.25, 0.3) is 0 Å². The molecule has 2 heterocycles. The summed E-state index contributed by atoms with van der Waals surface area (Å²) >= 11 is 0. The molecular weight excluding hydrogens is 415 g/mol. The Morgan fingerprint density at radius 1 is 1.07 bits per heavy atom. The number of carbonyl (C=O) groups is 2. The van der Waals surface area contributed by atoms with Crippen molar-refractivity contribution in [1.29, 1.82) is 0 Å². The topological polar surface area (TPSA) is 87.9 Å². The molecule has 3 rings (SSSR count). The van der Waals surface area contributed by atoms with Gasteiger partial charge in [0.05, 0.1) is 6.04 Å². The second-order valence-corrected chi connectivity index (χ2v) is 7.22. The molecule has 0 radical (unpaired) electrons. The third kappa shape index (κ3) is 7.33. The minimum absolute atomic E-state index is 0. The molecule has 0 saturated carbocycles. The van der Waals surface area contributed by atoms with Crippen LogP contribution in [0.2, 0.25) is 0 Å².